The molecule has 2 heterocycles. The molecule has 0 bridgehead atoms. The topological polar surface area (TPSA) is 106 Å². The minimum atomic E-state index is -1.04. The number of carboxylic acids is 1. The van der Waals surface area contributed by atoms with Gasteiger partial charge in [-0.25, -0.2) is 9.78 Å². The maximum atomic E-state index is 12.0. The second-order valence-electron chi connectivity index (χ2n) is 4.51. The monoisotopic (exact) mass is 292 g/mol. The maximum absolute atomic E-state index is 12.0. The predicted molar refractivity (Wildman–Crippen MR) is 74.0 cm³/mol. The van der Waals surface area contributed by atoms with Gasteiger partial charge in [0.05, 0.1) is 17.9 Å². The molecule has 8 nitrogen and oxygen atoms in total. The van der Waals surface area contributed by atoms with E-state index in [0.29, 0.717) is 11.2 Å². The molecule has 2 aromatic heterocycles. The molecule has 8 heteroatoms. The summed E-state index contributed by atoms with van der Waals surface area (Å²) in [6, 6.07) is 1.73. The van der Waals surface area contributed by atoms with E-state index < -0.39 is 5.97 Å². The number of ether oxygens (including phenoxy) is 1. The second-order valence-corrected chi connectivity index (χ2v) is 4.51. The van der Waals surface area contributed by atoms with E-state index in [9.17, 15) is 9.59 Å². The van der Waals surface area contributed by atoms with Crippen molar-refractivity contribution in [3.05, 3.63) is 23.5 Å². The molecule has 0 aromatic carbocycles. The molecule has 0 saturated heterocycles. The van der Waals surface area contributed by atoms with Crippen molar-refractivity contribution in [2.24, 2.45) is 7.05 Å². The van der Waals surface area contributed by atoms with Crippen molar-refractivity contribution in [2.45, 2.75) is 6.92 Å². The molecule has 2 aromatic rings. The molecule has 0 unspecified atom stereocenters. The Morgan fingerprint density at radius 1 is 1.48 bits per heavy atom. The fraction of sp³-hybridized carbons (Fsp3) is 0.385. The van der Waals surface area contributed by atoms with Crippen molar-refractivity contribution in [1.29, 1.82) is 0 Å². The largest absolute Gasteiger partial charge is 0.480 e. The van der Waals surface area contributed by atoms with E-state index in [1.165, 1.54) is 6.20 Å². The first-order valence-electron chi connectivity index (χ1n) is 6.36. The number of carbonyl (C=O) groups is 2. The Balaban J connectivity index is 1.96. The minimum Gasteiger partial charge on any atom is -0.480 e. The van der Waals surface area contributed by atoms with Crippen LogP contribution in [0.4, 0.5) is 0 Å². The number of carboxylic acid groups (broad SMARTS) is 1. The summed E-state index contributed by atoms with van der Waals surface area (Å²) in [5, 5.41) is 16.1. The van der Waals surface area contributed by atoms with Crippen molar-refractivity contribution in [3.8, 4) is 0 Å². The van der Waals surface area contributed by atoms with Crippen LogP contribution in [0, 0.1) is 6.92 Å². The third-order valence-electron chi connectivity index (χ3n) is 2.88. The Labute approximate surface area is 120 Å². The number of carbonyl (C=O) groups excluding carboxylic acids is 1. The van der Waals surface area contributed by atoms with Crippen LogP contribution in [0.5, 0.6) is 0 Å². The lowest BCUT2D eigenvalue weighted by atomic mass is 10.2. The van der Waals surface area contributed by atoms with Gasteiger partial charge >= 0.3 is 5.97 Å². The van der Waals surface area contributed by atoms with Crippen LogP contribution in [0.25, 0.3) is 11.0 Å². The Hall–Kier alpha value is -2.48. The highest BCUT2D eigenvalue weighted by Crippen LogP contribution is 2.16. The summed E-state index contributed by atoms with van der Waals surface area (Å²) in [6.07, 6.45) is 1.48. The van der Waals surface area contributed by atoms with Crippen LogP contribution in [0.3, 0.4) is 0 Å². The molecule has 112 valence electrons. The standard InChI is InChI=1S/C13H16N4O4/c1-8-10-5-9(6-15-12(10)17(2)16-8)13(20)14-3-4-21-7-11(18)19/h5-6H,3-4,7H2,1-2H3,(H,14,20)(H,18,19). The van der Waals surface area contributed by atoms with Gasteiger partial charge in [0.15, 0.2) is 5.65 Å². The lowest BCUT2D eigenvalue weighted by Crippen LogP contribution is -2.28. The summed E-state index contributed by atoms with van der Waals surface area (Å²) in [5.74, 6) is -1.32. The summed E-state index contributed by atoms with van der Waals surface area (Å²) in [6.45, 7) is 1.85. The number of nitrogens with one attached hydrogen (secondary N) is 1. The van der Waals surface area contributed by atoms with E-state index in [4.69, 9.17) is 9.84 Å². The van der Waals surface area contributed by atoms with Crippen LogP contribution >= 0.6 is 0 Å². The van der Waals surface area contributed by atoms with Crippen molar-refractivity contribution in [3.63, 3.8) is 0 Å². The molecule has 0 aliphatic heterocycles. The third kappa shape index (κ3) is 3.54. The lowest BCUT2D eigenvalue weighted by molar-refractivity contribution is -0.142. The number of hydrogen-bond donors (Lipinski definition) is 2. The summed E-state index contributed by atoms with van der Waals surface area (Å²) < 4.78 is 6.49. The van der Waals surface area contributed by atoms with Gasteiger partial charge in [0.2, 0.25) is 0 Å². The normalized spacial score (nSPS) is 10.8. The minimum absolute atomic E-state index is 0.139. The molecule has 21 heavy (non-hydrogen) atoms. The zero-order valence-corrected chi connectivity index (χ0v) is 11.8. The van der Waals surface area contributed by atoms with E-state index >= 15 is 0 Å². The number of aromatic nitrogens is 3. The highest BCUT2D eigenvalue weighted by Gasteiger charge is 2.11. The van der Waals surface area contributed by atoms with Gasteiger partial charge in [0.1, 0.15) is 6.61 Å². The zero-order chi connectivity index (χ0) is 15.4. The van der Waals surface area contributed by atoms with E-state index in [0.717, 1.165) is 11.1 Å². The molecule has 0 aliphatic rings. The Morgan fingerprint density at radius 3 is 2.95 bits per heavy atom. The fourth-order valence-corrected chi connectivity index (χ4v) is 1.93. The van der Waals surface area contributed by atoms with E-state index in [-0.39, 0.29) is 25.7 Å². The maximum Gasteiger partial charge on any atom is 0.329 e. The molecular weight excluding hydrogens is 276 g/mol. The number of rotatable bonds is 6. The van der Waals surface area contributed by atoms with Gasteiger partial charge in [-0.05, 0) is 13.0 Å². The average molecular weight is 292 g/mol. The van der Waals surface area contributed by atoms with Gasteiger partial charge in [-0.3, -0.25) is 9.48 Å². The number of nitrogens with zero attached hydrogens (tertiary/aromatic N) is 3. The molecule has 0 saturated carbocycles. The van der Waals surface area contributed by atoms with Gasteiger partial charge in [-0.15, -0.1) is 0 Å². The molecule has 0 aliphatic carbocycles. The molecule has 0 spiro atoms. The summed E-state index contributed by atoms with van der Waals surface area (Å²) in [7, 11) is 1.79. The zero-order valence-electron chi connectivity index (χ0n) is 11.8. The SMILES string of the molecule is Cc1nn(C)c2ncc(C(=O)NCCOCC(=O)O)cc12. The van der Waals surface area contributed by atoms with E-state index in [1.807, 2.05) is 6.92 Å². The lowest BCUT2D eigenvalue weighted by Gasteiger charge is -2.05. The molecular formula is C13H16N4O4. The second kappa shape index (κ2) is 6.31. The van der Waals surface area contributed by atoms with Crippen LogP contribution in [-0.2, 0) is 16.6 Å². The molecule has 1 amide bonds. The number of aliphatic carboxylic acids is 1. The molecule has 2 N–H and O–H groups in total. The smallest absolute Gasteiger partial charge is 0.329 e. The van der Waals surface area contributed by atoms with Crippen molar-refractivity contribution >= 4 is 22.9 Å². The molecule has 2 rings (SSSR count). The number of aryl methyl sites for hydroxylation is 2. The Bertz CT molecular complexity index is 680. The van der Waals surface area contributed by atoms with Crippen LogP contribution in [-0.4, -0.2) is 51.5 Å². The van der Waals surface area contributed by atoms with Crippen molar-refractivity contribution in [2.75, 3.05) is 19.8 Å². The van der Waals surface area contributed by atoms with Crippen molar-refractivity contribution in [1.82, 2.24) is 20.1 Å². The number of pyridine rings is 1. The Kier molecular flexibility index (Phi) is 4.49. The molecule has 0 fully saturated rings. The number of fused-ring (bicyclic) bond motifs is 1. The quantitative estimate of drug-likeness (QED) is 0.732. The summed E-state index contributed by atoms with van der Waals surface area (Å²) >= 11 is 0. The first-order valence-corrected chi connectivity index (χ1v) is 6.36. The Morgan fingerprint density at radius 2 is 2.24 bits per heavy atom. The summed E-state index contributed by atoms with van der Waals surface area (Å²) in [5.41, 5.74) is 1.95. The van der Waals surface area contributed by atoms with Crippen LogP contribution in [0.1, 0.15) is 16.1 Å². The average Bonchev–Trinajstić information content (AvgIpc) is 2.72. The summed E-state index contributed by atoms with van der Waals surface area (Å²) in [4.78, 5) is 26.4. The molecule has 0 atom stereocenters. The van der Waals surface area contributed by atoms with Gasteiger partial charge in [-0.2, -0.15) is 5.10 Å². The fourth-order valence-electron chi connectivity index (χ4n) is 1.93. The van der Waals surface area contributed by atoms with Gasteiger partial charge in [-0.1, -0.05) is 0 Å². The number of amides is 1. The van der Waals surface area contributed by atoms with Crippen LogP contribution in [0.2, 0.25) is 0 Å². The van der Waals surface area contributed by atoms with Crippen LogP contribution < -0.4 is 5.32 Å². The van der Waals surface area contributed by atoms with Gasteiger partial charge in [0, 0.05) is 25.2 Å². The first-order chi connectivity index (χ1) is 9.99. The van der Waals surface area contributed by atoms with E-state index in [1.54, 1.807) is 17.8 Å². The predicted octanol–water partition coefficient (Wildman–Crippen LogP) is 0.108. The first kappa shape index (κ1) is 14.9. The van der Waals surface area contributed by atoms with Gasteiger partial charge < -0.3 is 15.2 Å². The highest BCUT2D eigenvalue weighted by atomic mass is 16.5. The van der Waals surface area contributed by atoms with Crippen LogP contribution in [0.15, 0.2) is 12.3 Å². The van der Waals surface area contributed by atoms with Crippen molar-refractivity contribution < 1.29 is 19.4 Å². The third-order valence-corrected chi connectivity index (χ3v) is 2.88. The molecule has 0 radical (unpaired) electrons. The van der Waals surface area contributed by atoms with E-state index in [2.05, 4.69) is 15.4 Å². The highest BCUT2D eigenvalue weighted by molar-refractivity contribution is 5.97. The number of hydrogen-bond acceptors (Lipinski definition) is 5. The van der Waals surface area contributed by atoms with Gasteiger partial charge in [0.25, 0.3) is 5.91 Å².